The number of hydrogen-bond donors (Lipinski definition) is 0. The molecule has 0 aromatic rings. The predicted molar refractivity (Wildman–Crippen MR) is 88.6 cm³/mol. The van der Waals surface area contributed by atoms with E-state index in [4.69, 9.17) is 0 Å². The molecular formula is C18H31NO. The summed E-state index contributed by atoms with van der Waals surface area (Å²) in [5.74, 6) is 0.198. The Labute approximate surface area is 125 Å². The van der Waals surface area contributed by atoms with Gasteiger partial charge in [0.1, 0.15) is 0 Å². The first-order chi connectivity index (χ1) is 9.11. The quantitative estimate of drug-likeness (QED) is 0.722. The van der Waals surface area contributed by atoms with Gasteiger partial charge in [-0.2, -0.15) is 0 Å². The summed E-state index contributed by atoms with van der Waals surface area (Å²) < 4.78 is 0. The summed E-state index contributed by atoms with van der Waals surface area (Å²) in [5, 5.41) is 0. The molecule has 1 rings (SSSR count). The Balaban J connectivity index is 0.00000172. The second-order valence-electron chi connectivity index (χ2n) is 6.57. The summed E-state index contributed by atoms with van der Waals surface area (Å²) in [6.45, 7) is 23.4. The number of hydrogen-bond acceptors (Lipinski definition) is 1. The van der Waals surface area contributed by atoms with Crippen molar-refractivity contribution in [2.24, 2.45) is 10.8 Å². The van der Waals surface area contributed by atoms with Crippen molar-refractivity contribution in [3.8, 4) is 0 Å². The Kier molecular flexibility index (Phi) is 6.46. The van der Waals surface area contributed by atoms with Crippen LogP contribution in [0.15, 0.2) is 36.5 Å². The van der Waals surface area contributed by atoms with Crippen LogP contribution in [0.4, 0.5) is 0 Å². The van der Waals surface area contributed by atoms with Gasteiger partial charge >= 0.3 is 0 Å². The van der Waals surface area contributed by atoms with Gasteiger partial charge in [-0.3, -0.25) is 4.79 Å². The molecule has 0 aromatic carbocycles. The molecule has 20 heavy (non-hydrogen) atoms. The minimum absolute atomic E-state index is 0.0592. The summed E-state index contributed by atoms with van der Waals surface area (Å²) in [5.41, 5.74) is 1.70. The smallest absolute Gasteiger partial charge is 0.229 e. The Bertz CT molecular complexity index is 408. The third kappa shape index (κ3) is 3.84. The lowest BCUT2D eigenvalue weighted by Gasteiger charge is -2.39. The lowest BCUT2D eigenvalue weighted by molar-refractivity contribution is -0.144. The maximum absolute atomic E-state index is 12.6. The lowest BCUT2D eigenvalue weighted by atomic mass is 9.68. The van der Waals surface area contributed by atoms with E-state index in [0.29, 0.717) is 13.1 Å². The molecule has 0 radical (unpaired) electrons. The molecule has 0 atom stereocenters. The summed E-state index contributed by atoms with van der Waals surface area (Å²) in [6.07, 6.45) is 3.70. The van der Waals surface area contributed by atoms with E-state index < -0.39 is 0 Å². The fraction of sp³-hybridized carbons (Fsp3) is 0.611. The predicted octanol–water partition coefficient (Wildman–Crippen LogP) is 4.60. The number of carbonyl (C=O) groups is 1. The summed E-state index contributed by atoms with van der Waals surface area (Å²) >= 11 is 0. The van der Waals surface area contributed by atoms with Gasteiger partial charge in [0.2, 0.25) is 5.91 Å². The molecule has 1 fully saturated rings. The zero-order valence-electron chi connectivity index (χ0n) is 14.3. The summed E-state index contributed by atoms with van der Waals surface area (Å²) in [4.78, 5) is 14.5. The molecule has 0 saturated carbocycles. The molecule has 0 aliphatic carbocycles. The third-order valence-corrected chi connectivity index (χ3v) is 4.21. The first kappa shape index (κ1) is 18.7. The van der Waals surface area contributed by atoms with Crippen molar-refractivity contribution in [3.63, 3.8) is 0 Å². The van der Waals surface area contributed by atoms with E-state index in [0.717, 1.165) is 11.1 Å². The third-order valence-electron chi connectivity index (χ3n) is 4.21. The number of nitrogens with zero attached hydrogens (tertiary/aromatic N) is 1. The summed E-state index contributed by atoms with van der Waals surface area (Å²) in [6, 6.07) is 0. The highest BCUT2D eigenvalue weighted by atomic mass is 16.2. The first-order valence-corrected chi connectivity index (χ1v) is 7.40. The van der Waals surface area contributed by atoms with Crippen LogP contribution in [0.5, 0.6) is 0 Å². The van der Waals surface area contributed by atoms with Crippen molar-refractivity contribution in [2.45, 2.75) is 48.5 Å². The van der Waals surface area contributed by atoms with Crippen LogP contribution in [-0.2, 0) is 4.79 Å². The van der Waals surface area contributed by atoms with E-state index >= 15 is 0 Å². The van der Waals surface area contributed by atoms with E-state index in [9.17, 15) is 4.79 Å². The normalized spacial score (nSPS) is 17.9. The second kappa shape index (κ2) is 6.92. The van der Waals surface area contributed by atoms with Crippen LogP contribution in [0.3, 0.4) is 0 Å². The lowest BCUT2D eigenvalue weighted by Crippen LogP contribution is -2.46. The van der Waals surface area contributed by atoms with Crippen LogP contribution < -0.4 is 0 Å². The molecule has 0 bridgehead atoms. The van der Waals surface area contributed by atoms with Crippen molar-refractivity contribution < 1.29 is 4.79 Å². The van der Waals surface area contributed by atoms with Gasteiger partial charge in [0.05, 0.1) is 0 Å². The van der Waals surface area contributed by atoms with E-state index in [1.165, 1.54) is 0 Å². The number of amides is 1. The van der Waals surface area contributed by atoms with E-state index in [1.807, 2.05) is 38.7 Å². The average Bonchev–Trinajstić information content (AvgIpc) is 2.71. The highest BCUT2D eigenvalue weighted by molar-refractivity contribution is 5.84. The maximum Gasteiger partial charge on any atom is 0.229 e. The van der Waals surface area contributed by atoms with Crippen LogP contribution in [0.1, 0.15) is 48.5 Å². The van der Waals surface area contributed by atoms with Gasteiger partial charge in [-0.1, -0.05) is 73.8 Å². The van der Waals surface area contributed by atoms with Crippen LogP contribution >= 0.6 is 0 Å². The van der Waals surface area contributed by atoms with Crippen molar-refractivity contribution in [1.29, 1.82) is 0 Å². The van der Waals surface area contributed by atoms with E-state index in [1.54, 1.807) is 6.08 Å². The molecule has 1 heterocycles. The number of carbonyl (C=O) groups excluding carboxylic acids is 1. The largest absolute Gasteiger partial charge is 0.334 e. The fourth-order valence-electron chi connectivity index (χ4n) is 1.88. The van der Waals surface area contributed by atoms with Gasteiger partial charge in [-0.15, -0.1) is 0 Å². The van der Waals surface area contributed by atoms with Crippen molar-refractivity contribution in [3.05, 3.63) is 36.5 Å². The van der Waals surface area contributed by atoms with Gasteiger partial charge in [-0.05, 0) is 16.6 Å². The Morgan fingerprint density at radius 1 is 1.15 bits per heavy atom. The zero-order chi connectivity index (χ0) is 16.1. The molecule has 1 amide bonds. The SMILES string of the molecule is C=C/C=C1/CN(C(=O)C(C)(C)C(C)(C)C)CC1=C.CC. The fourth-order valence-corrected chi connectivity index (χ4v) is 1.88. The van der Waals surface area contributed by atoms with Crippen LogP contribution in [0, 0.1) is 10.8 Å². The Hall–Kier alpha value is -1.31. The van der Waals surface area contributed by atoms with Gasteiger partial charge in [-0.25, -0.2) is 0 Å². The first-order valence-electron chi connectivity index (χ1n) is 7.40. The number of likely N-dealkylation sites (tertiary alicyclic amines) is 1. The number of rotatable bonds is 2. The van der Waals surface area contributed by atoms with Crippen LogP contribution in [0.25, 0.3) is 0 Å². The topological polar surface area (TPSA) is 20.3 Å². The second-order valence-corrected chi connectivity index (χ2v) is 6.57. The maximum atomic E-state index is 12.6. The standard InChI is InChI=1S/C16H25NO.C2H6/c1-8-9-13-11-17(10-12(13)2)14(18)16(6,7)15(3,4)5;1-2/h8-9H,1-2,10-11H2,3-7H3;1-2H3/b13-9-;. The Morgan fingerprint density at radius 3 is 2.05 bits per heavy atom. The van der Waals surface area contributed by atoms with Gasteiger partial charge < -0.3 is 4.90 Å². The van der Waals surface area contributed by atoms with Crippen LogP contribution in [-0.4, -0.2) is 23.9 Å². The van der Waals surface area contributed by atoms with Gasteiger partial charge in [0.15, 0.2) is 0 Å². The highest BCUT2D eigenvalue weighted by Crippen LogP contribution is 2.40. The minimum Gasteiger partial charge on any atom is -0.334 e. The molecule has 2 heteroatoms. The molecule has 1 saturated heterocycles. The minimum atomic E-state index is -0.378. The summed E-state index contributed by atoms with van der Waals surface area (Å²) in [7, 11) is 0. The van der Waals surface area contributed by atoms with E-state index in [-0.39, 0.29) is 16.7 Å². The zero-order valence-corrected chi connectivity index (χ0v) is 14.3. The van der Waals surface area contributed by atoms with E-state index in [2.05, 4.69) is 33.9 Å². The molecule has 1 aliphatic rings. The van der Waals surface area contributed by atoms with Crippen molar-refractivity contribution in [2.75, 3.05) is 13.1 Å². The molecule has 114 valence electrons. The van der Waals surface area contributed by atoms with Gasteiger partial charge in [0, 0.05) is 18.5 Å². The van der Waals surface area contributed by atoms with Crippen molar-refractivity contribution in [1.82, 2.24) is 4.90 Å². The molecule has 0 unspecified atom stereocenters. The molecule has 1 aliphatic heterocycles. The average molecular weight is 277 g/mol. The molecular weight excluding hydrogens is 246 g/mol. The molecule has 0 spiro atoms. The molecule has 0 aromatic heterocycles. The monoisotopic (exact) mass is 277 g/mol. The molecule has 0 N–H and O–H groups in total. The highest BCUT2D eigenvalue weighted by Gasteiger charge is 2.43. The Morgan fingerprint density at radius 2 is 1.65 bits per heavy atom. The molecule has 2 nitrogen and oxygen atoms in total. The van der Waals surface area contributed by atoms with Crippen LogP contribution in [0.2, 0.25) is 0 Å². The van der Waals surface area contributed by atoms with Crippen molar-refractivity contribution >= 4 is 5.91 Å². The number of allylic oxidation sites excluding steroid dienone is 2. The van der Waals surface area contributed by atoms with Gasteiger partial charge in [0.25, 0.3) is 0 Å².